The van der Waals surface area contributed by atoms with Gasteiger partial charge in [-0.2, -0.15) is 0 Å². The second-order valence-electron chi connectivity index (χ2n) is 4.43. The number of likely N-dealkylation sites (tertiary alicyclic amines) is 1. The predicted octanol–water partition coefficient (Wildman–Crippen LogP) is 0.416. The van der Waals surface area contributed by atoms with Crippen molar-refractivity contribution in [3.8, 4) is 0 Å². The highest BCUT2D eigenvalue weighted by atomic mass is 16.4. The summed E-state index contributed by atoms with van der Waals surface area (Å²) < 4.78 is 0. The van der Waals surface area contributed by atoms with Crippen LogP contribution in [0.1, 0.15) is 18.5 Å². The Balaban J connectivity index is 1.75. The van der Waals surface area contributed by atoms with Gasteiger partial charge in [-0.25, -0.2) is 9.78 Å². The number of carbonyl (C=O) groups excluding carboxylic acids is 1. The third-order valence-corrected chi connectivity index (χ3v) is 3.02. The smallest absolute Gasteiger partial charge is 0.317 e. The Hall–Kier alpha value is -2.05. The maximum atomic E-state index is 11.8. The van der Waals surface area contributed by atoms with Crippen molar-refractivity contribution in [3.63, 3.8) is 0 Å². The van der Waals surface area contributed by atoms with Gasteiger partial charge in [-0.1, -0.05) is 0 Å². The number of aromatic nitrogens is 2. The molecule has 0 bridgehead atoms. The number of urea groups is 1. The lowest BCUT2D eigenvalue weighted by Gasteiger charge is -2.16. The van der Waals surface area contributed by atoms with Gasteiger partial charge < -0.3 is 20.3 Å². The lowest BCUT2D eigenvalue weighted by atomic mass is 10.1. The fourth-order valence-corrected chi connectivity index (χ4v) is 2.09. The molecule has 1 unspecified atom stereocenters. The largest absolute Gasteiger partial charge is 0.481 e. The second kappa shape index (κ2) is 5.52. The van der Waals surface area contributed by atoms with Gasteiger partial charge >= 0.3 is 12.0 Å². The van der Waals surface area contributed by atoms with Crippen LogP contribution in [0.15, 0.2) is 12.5 Å². The van der Waals surface area contributed by atoms with E-state index in [4.69, 9.17) is 5.11 Å². The SMILES string of the molecule is O=C(O)CC1CCN(C(=O)NCc2cnc[nH]2)C1. The van der Waals surface area contributed by atoms with Gasteiger partial charge in [0.1, 0.15) is 0 Å². The van der Waals surface area contributed by atoms with E-state index in [9.17, 15) is 9.59 Å². The predicted molar refractivity (Wildman–Crippen MR) is 62.8 cm³/mol. The zero-order valence-electron chi connectivity index (χ0n) is 9.93. The molecule has 0 spiro atoms. The van der Waals surface area contributed by atoms with Crippen LogP contribution in [0, 0.1) is 5.92 Å². The molecule has 2 amide bonds. The van der Waals surface area contributed by atoms with Crippen LogP contribution >= 0.6 is 0 Å². The summed E-state index contributed by atoms with van der Waals surface area (Å²) in [4.78, 5) is 30.8. The number of rotatable bonds is 4. The van der Waals surface area contributed by atoms with Crippen LogP contribution in [0.2, 0.25) is 0 Å². The van der Waals surface area contributed by atoms with Crippen molar-refractivity contribution in [2.75, 3.05) is 13.1 Å². The van der Waals surface area contributed by atoms with Crippen molar-refractivity contribution < 1.29 is 14.7 Å². The molecule has 1 aromatic heterocycles. The quantitative estimate of drug-likeness (QED) is 0.723. The van der Waals surface area contributed by atoms with Crippen molar-refractivity contribution in [1.82, 2.24) is 20.2 Å². The lowest BCUT2D eigenvalue weighted by molar-refractivity contribution is -0.138. The number of carboxylic acid groups (broad SMARTS) is 1. The third kappa shape index (κ3) is 3.22. The summed E-state index contributed by atoms with van der Waals surface area (Å²) in [5, 5.41) is 11.5. The first-order chi connectivity index (χ1) is 8.65. The Morgan fingerprint density at radius 3 is 3.11 bits per heavy atom. The summed E-state index contributed by atoms with van der Waals surface area (Å²) in [6.45, 7) is 1.53. The van der Waals surface area contributed by atoms with E-state index in [0.717, 1.165) is 12.1 Å². The van der Waals surface area contributed by atoms with Gasteiger partial charge in [0.25, 0.3) is 0 Å². The van der Waals surface area contributed by atoms with Gasteiger partial charge in [-0.3, -0.25) is 4.79 Å². The molecule has 98 valence electrons. The highest BCUT2D eigenvalue weighted by molar-refractivity contribution is 5.74. The molecule has 1 atom stereocenters. The van der Waals surface area contributed by atoms with Crippen molar-refractivity contribution in [2.45, 2.75) is 19.4 Å². The minimum absolute atomic E-state index is 0.0698. The number of aromatic amines is 1. The van der Waals surface area contributed by atoms with Crippen molar-refractivity contribution in [3.05, 3.63) is 18.2 Å². The minimum Gasteiger partial charge on any atom is -0.481 e. The van der Waals surface area contributed by atoms with Crippen molar-refractivity contribution >= 4 is 12.0 Å². The van der Waals surface area contributed by atoms with Gasteiger partial charge in [-0.05, 0) is 12.3 Å². The second-order valence-corrected chi connectivity index (χ2v) is 4.43. The monoisotopic (exact) mass is 252 g/mol. The van der Waals surface area contributed by atoms with E-state index >= 15 is 0 Å². The fourth-order valence-electron chi connectivity index (χ4n) is 2.09. The summed E-state index contributed by atoms with van der Waals surface area (Å²) in [5.74, 6) is -0.736. The summed E-state index contributed by atoms with van der Waals surface area (Å²) in [6.07, 6.45) is 4.09. The molecule has 3 N–H and O–H groups in total. The zero-order chi connectivity index (χ0) is 13.0. The molecule has 1 fully saturated rings. The van der Waals surface area contributed by atoms with Crippen molar-refractivity contribution in [1.29, 1.82) is 0 Å². The molecule has 2 heterocycles. The van der Waals surface area contributed by atoms with Crippen LogP contribution in [0.3, 0.4) is 0 Å². The molecule has 0 radical (unpaired) electrons. The number of nitrogens with zero attached hydrogens (tertiary/aromatic N) is 2. The van der Waals surface area contributed by atoms with Gasteiger partial charge in [0.2, 0.25) is 0 Å². The number of aliphatic carboxylic acids is 1. The molecule has 1 saturated heterocycles. The van der Waals surface area contributed by atoms with Gasteiger partial charge in [0, 0.05) is 25.7 Å². The molecule has 0 aromatic carbocycles. The Kier molecular flexibility index (Phi) is 3.81. The number of imidazole rings is 1. The van der Waals surface area contributed by atoms with Crippen LogP contribution in [0.4, 0.5) is 4.79 Å². The van der Waals surface area contributed by atoms with Gasteiger partial charge in [0.05, 0.1) is 18.6 Å². The van der Waals surface area contributed by atoms with Crippen LogP contribution in [-0.4, -0.2) is 45.1 Å². The number of nitrogens with one attached hydrogen (secondary N) is 2. The first kappa shape index (κ1) is 12.4. The van der Waals surface area contributed by atoms with E-state index in [0.29, 0.717) is 19.6 Å². The Morgan fingerprint density at radius 2 is 2.44 bits per heavy atom. The molecule has 1 aliphatic heterocycles. The third-order valence-electron chi connectivity index (χ3n) is 3.02. The maximum absolute atomic E-state index is 11.8. The normalized spacial score (nSPS) is 18.9. The molecule has 0 saturated carbocycles. The molecular weight excluding hydrogens is 236 g/mol. The lowest BCUT2D eigenvalue weighted by Crippen LogP contribution is -2.38. The fraction of sp³-hybridized carbons (Fsp3) is 0.545. The number of carboxylic acids is 1. The van der Waals surface area contributed by atoms with E-state index in [1.165, 1.54) is 0 Å². The van der Waals surface area contributed by atoms with Crippen LogP contribution < -0.4 is 5.32 Å². The van der Waals surface area contributed by atoms with Crippen molar-refractivity contribution in [2.24, 2.45) is 5.92 Å². The maximum Gasteiger partial charge on any atom is 0.317 e. The van der Waals surface area contributed by atoms with Crippen LogP contribution in [-0.2, 0) is 11.3 Å². The molecular formula is C11H16N4O3. The number of amides is 2. The summed E-state index contributed by atoms with van der Waals surface area (Å²) in [7, 11) is 0. The zero-order valence-corrected chi connectivity index (χ0v) is 9.93. The topological polar surface area (TPSA) is 98.3 Å². The summed E-state index contributed by atoms with van der Waals surface area (Å²) in [5.41, 5.74) is 0.838. The molecule has 7 nitrogen and oxygen atoms in total. The number of carbonyl (C=O) groups is 2. The first-order valence-electron chi connectivity index (χ1n) is 5.87. The van der Waals surface area contributed by atoms with E-state index in [1.54, 1.807) is 17.4 Å². The summed E-state index contributed by atoms with van der Waals surface area (Å²) in [6, 6.07) is -0.155. The van der Waals surface area contributed by atoms with E-state index in [2.05, 4.69) is 15.3 Å². The number of hydrogen-bond acceptors (Lipinski definition) is 3. The van der Waals surface area contributed by atoms with Crippen LogP contribution in [0.25, 0.3) is 0 Å². The molecule has 1 aliphatic rings. The molecule has 7 heteroatoms. The highest BCUT2D eigenvalue weighted by Crippen LogP contribution is 2.19. The molecule has 2 rings (SSSR count). The summed E-state index contributed by atoms with van der Waals surface area (Å²) >= 11 is 0. The number of hydrogen-bond donors (Lipinski definition) is 3. The van der Waals surface area contributed by atoms with E-state index in [1.807, 2.05) is 0 Å². The average Bonchev–Trinajstić information content (AvgIpc) is 2.95. The Bertz CT molecular complexity index is 418. The minimum atomic E-state index is -0.806. The Morgan fingerprint density at radius 1 is 1.61 bits per heavy atom. The van der Waals surface area contributed by atoms with Gasteiger partial charge in [0.15, 0.2) is 0 Å². The number of H-pyrrole nitrogens is 1. The van der Waals surface area contributed by atoms with Crippen LogP contribution in [0.5, 0.6) is 0 Å². The molecule has 1 aromatic rings. The molecule has 0 aliphatic carbocycles. The Labute approximate surface area is 104 Å². The van der Waals surface area contributed by atoms with Gasteiger partial charge in [-0.15, -0.1) is 0 Å². The average molecular weight is 252 g/mol. The van der Waals surface area contributed by atoms with E-state index < -0.39 is 5.97 Å². The highest BCUT2D eigenvalue weighted by Gasteiger charge is 2.27. The molecule has 18 heavy (non-hydrogen) atoms. The van der Waals surface area contributed by atoms with E-state index in [-0.39, 0.29) is 18.4 Å². The first-order valence-corrected chi connectivity index (χ1v) is 5.87. The standard InChI is InChI=1S/C11H16N4O3/c16-10(17)3-8-1-2-15(6-8)11(18)13-5-9-4-12-7-14-9/h4,7-8H,1-3,5-6H2,(H,12,14)(H,13,18)(H,16,17).